The number of imidazole rings is 1. The van der Waals surface area contributed by atoms with E-state index in [2.05, 4.69) is 27.1 Å². The molecule has 0 spiro atoms. The van der Waals surface area contributed by atoms with Crippen LogP contribution < -0.4 is 10.2 Å². The predicted molar refractivity (Wildman–Crippen MR) is 79.4 cm³/mol. The highest BCUT2D eigenvalue weighted by molar-refractivity contribution is 5.66. The van der Waals surface area contributed by atoms with E-state index in [0.717, 1.165) is 49.8 Å². The summed E-state index contributed by atoms with van der Waals surface area (Å²) in [5.41, 5.74) is 0.892. The van der Waals surface area contributed by atoms with Crippen molar-refractivity contribution in [2.75, 3.05) is 37.0 Å². The highest BCUT2D eigenvalue weighted by Gasteiger charge is 2.21. The van der Waals surface area contributed by atoms with Crippen LogP contribution in [0.2, 0.25) is 0 Å². The summed E-state index contributed by atoms with van der Waals surface area (Å²) in [7, 11) is 1.88. The fourth-order valence-electron chi connectivity index (χ4n) is 2.65. The number of nitrogens with one attached hydrogen (secondary N) is 1. The Kier molecular flexibility index (Phi) is 3.73. The number of rotatable bonds is 5. The van der Waals surface area contributed by atoms with Crippen molar-refractivity contribution in [3.63, 3.8) is 0 Å². The topological polar surface area (TPSA) is 54.7 Å². The molecular weight excluding hydrogens is 254 g/mol. The largest absolute Gasteiger partial charge is 0.376 e. The van der Waals surface area contributed by atoms with Crippen LogP contribution in [0.5, 0.6) is 0 Å². The van der Waals surface area contributed by atoms with Gasteiger partial charge in [-0.3, -0.25) is 0 Å². The van der Waals surface area contributed by atoms with Gasteiger partial charge in [-0.25, -0.2) is 9.97 Å². The van der Waals surface area contributed by atoms with Crippen molar-refractivity contribution < 1.29 is 4.74 Å². The molecule has 2 aromatic heterocycles. The summed E-state index contributed by atoms with van der Waals surface area (Å²) in [4.78, 5) is 11.4. The lowest BCUT2D eigenvalue weighted by atomic mass is 10.2. The van der Waals surface area contributed by atoms with E-state index in [0.29, 0.717) is 6.10 Å². The van der Waals surface area contributed by atoms with Gasteiger partial charge in [-0.15, -0.1) is 0 Å². The van der Waals surface area contributed by atoms with Gasteiger partial charge in [0.1, 0.15) is 5.82 Å². The minimum Gasteiger partial charge on any atom is -0.376 e. The Hall–Kier alpha value is -1.82. The van der Waals surface area contributed by atoms with Crippen LogP contribution in [0, 0.1) is 0 Å². The number of nitrogens with zero attached hydrogens (tertiary/aromatic N) is 4. The van der Waals surface area contributed by atoms with Crippen LogP contribution in [0.25, 0.3) is 5.65 Å². The first-order chi connectivity index (χ1) is 9.81. The summed E-state index contributed by atoms with van der Waals surface area (Å²) in [6.07, 6.45) is 8.30. The van der Waals surface area contributed by atoms with Gasteiger partial charge in [0.15, 0.2) is 11.5 Å². The van der Waals surface area contributed by atoms with E-state index in [1.165, 1.54) is 0 Å². The third kappa shape index (κ3) is 2.43. The Labute approximate surface area is 118 Å². The maximum atomic E-state index is 5.74. The molecule has 2 aromatic rings. The fraction of sp³-hybridized carbons (Fsp3) is 0.571. The van der Waals surface area contributed by atoms with Crippen molar-refractivity contribution in [1.29, 1.82) is 0 Å². The summed E-state index contributed by atoms with van der Waals surface area (Å²) in [6, 6.07) is 0. The van der Waals surface area contributed by atoms with Gasteiger partial charge in [-0.2, -0.15) is 0 Å². The molecule has 0 saturated carbocycles. The number of hydrogen-bond acceptors (Lipinski definition) is 5. The molecule has 1 unspecified atom stereocenters. The summed E-state index contributed by atoms with van der Waals surface area (Å²) < 4.78 is 7.75. The van der Waals surface area contributed by atoms with Gasteiger partial charge in [0, 0.05) is 39.1 Å². The molecule has 6 heteroatoms. The van der Waals surface area contributed by atoms with Crippen LogP contribution in [0.15, 0.2) is 18.6 Å². The maximum absolute atomic E-state index is 5.74. The number of hydrogen-bond donors (Lipinski definition) is 1. The van der Waals surface area contributed by atoms with Crippen LogP contribution in [-0.4, -0.2) is 47.2 Å². The lowest BCUT2D eigenvalue weighted by Gasteiger charge is -2.25. The van der Waals surface area contributed by atoms with E-state index in [1.54, 1.807) is 6.20 Å². The first-order valence-electron chi connectivity index (χ1n) is 7.20. The standard InChI is InChI=1S/C14H21N5O/c1-3-18(9-11-5-4-8-20-11)14-13-16-6-7-19(13)10-12(15-2)17-14/h6-7,10-11,15H,3-5,8-9H2,1-2H3. The van der Waals surface area contributed by atoms with Crippen LogP contribution in [-0.2, 0) is 4.74 Å². The summed E-state index contributed by atoms with van der Waals surface area (Å²) in [5.74, 6) is 1.76. The predicted octanol–water partition coefficient (Wildman–Crippen LogP) is 1.78. The SMILES string of the molecule is CCN(CC1CCCO1)c1nc(NC)cn2ccnc12. The molecule has 1 fully saturated rings. The number of ether oxygens (including phenoxy) is 1. The molecule has 1 saturated heterocycles. The normalized spacial score (nSPS) is 18.6. The van der Waals surface area contributed by atoms with Gasteiger partial charge in [0.25, 0.3) is 0 Å². The fourth-order valence-corrected chi connectivity index (χ4v) is 2.65. The van der Waals surface area contributed by atoms with Crippen LogP contribution in [0.3, 0.4) is 0 Å². The molecule has 6 nitrogen and oxygen atoms in total. The van der Waals surface area contributed by atoms with Crippen molar-refractivity contribution in [2.45, 2.75) is 25.9 Å². The smallest absolute Gasteiger partial charge is 0.180 e. The molecule has 1 atom stereocenters. The third-order valence-corrected chi connectivity index (χ3v) is 3.74. The van der Waals surface area contributed by atoms with E-state index in [4.69, 9.17) is 4.74 Å². The zero-order chi connectivity index (χ0) is 13.9. The van der Waals surface area contributed by atoms with Gasteiger partial charge >= 0.3 is 0 Å². The first-order valence-corrected chi connectivity index (χ1v) is 7.20. The maximum Gasteiger partial charge on any atom is 0.180 e. The molecule has 20 heavy (non-hydrogen) atoms. The van der Waals surface area contributed by atoms with E-state index in [-0.39, 0.29) is 0 Å². The minimum absolute atomic E-state index is 0.310. The molecule has 0 amide bonds. The van der Waals surface area contributed by atoms with Crippen LogP contribution >= 0.6 is 0 Å². The summed E-state index contributed by atoms with van der Waals surface area (Å²) in [5, 5.41) is 3.10. The molecule has 3 heterocycles. The second-order valence-corrected chi connectivity index (χ2v) is 5.03. The Balaban J connectivity index is 1.94. The molecule has 0 bridgehead atoms. The molecular formula is C14H21N5O. The summed E-state index contributed by atoms with van der Waals surface area (Å²) >= 11 is 0. The van der Waals surface area contributed by atoms with E-state index in [9.17, 15) is 0 Å². The molecule has 3 rings (SSSR count). The zero-order valence-electron chi connectivity index (χ0n) is 12.0. The van der Waals surface area contributed by atoms with Gasteiger partial charge in [-0.1, -0.05) is 0 Å². The second-order valence-electron chi connectivity index (χ2n) is 5.03. The Bertz CT molecular complexity index is 576. The molecule has 108 valence electrons. The number of aromatic nitrogens is 3. The van der Waals surface area contributed by atoms with Gasteiger partial charge in [0.2, 0.25) is 0 Å². The molecule has 0 aliphatic carbocycles. The van der Waals surface area contributed by atoms with E-state index < -0.39 is 0 Å². The highest BCUT2D eigenvalue weighted by Crippen LogP contribution is 2.23. The first kappa shape index (κ1) is 13.2. The highest BCUT2D eigenvalue weighted by atomic mass is 16.5. The Morgan fingerprint density at radius 1 is 1.55 bits per heavy atom. The van der Waals surface area contributed by atoms with Gasteiger partial charge in [-0.05, 0) is 19.8 Å². The van der Waals surface area contributed by atoms with E-state index >= 15 is 0 Å². The van der Waals surface area contributed by atoms with Crippen molar-refractivity contribution in [2.24, 2.45) is 0 Å². The average Bonchev–Trinajstić information content (AvgIpc) is 3.14. The van der Waals surface area contributed by atoms with Gasteiger partial charge < -0.3 is 19.4 Å². The Morgan fingerprint density at radius 3 is 3.15 bits per heavy atom. The summed E-state index contributed by atoms with van der Waals surface area (Å²) in [6.45, 7) is 4.79. The Morgan fingerprint density at radius 2 is 2.45 bits per heavy atom. The number of likely N-dealkylation sites (N-methyl/N-ethyl adjacent to an activating group) is 1. The monoisotopic (exact) mass is 275 g/mol. The molecule has 0 radical (unpaired) electrons. The molecule has 1 N–H and O–H groups in total. The quantitative estimate of drug-likeness (QED) is 0.901. The van der Waals surface area contributed by atoms with Crippen molar-refractivity contribution >= 4 is 17.3 Å². The third-order valence-electron chi connectivity index (χ3n) is 3.74. The minimum atomic E-state index is 0.310. The van der Waals surface area contributed by atoms with Crippen molar-refractivity contribution in [3.05, 3.63) is 18.6 Å². The number of fused-ring (bicyclic) bond motifs is 1. The molecule has 1 aliphatic heterocycles. The lowest BCUT2D eigenvalue weighted by molar-refractivity contribution is 0.115. The van der Waals surface area contributed by atoms with Crippen molar-refractivity contribution in [3.8, 4) is 0 Å². The lowest BCUT2D eigenvalue weighted by Crippen LogP contribution is -2.33. The number of anilines is 2. The zero-order valence-corrected chi connectivity index (χ0v) is 12.0. The molecule has 1 aliphatic rings. The average molecular weight is 275 g/mol. The van der Waals surface area contributed by atoms with E-state index in [1.807, 2.05) is 23.8 Å². The van der Waals surface area contributed by atoms with Crippen LogP contribution in [0.4, 0.5) is 11.6 Å². The van der Waals surface area contributed by atoms with Crippen molar-refractivity contribution in [1.82, 2.24) is 14.4 Å². The van der Waals surface area contributed by atoms with Gasteiger partial charge in [0.05, 0.1) is 12.3 Å². The molecule has 0 aromatic carbocycles. The second kappa shape index (κ2) is 5.66. The van der Waals surface area contributed by atoms with Crippen LogP contribution in [0.1, 0.15) is 19.8 Å².